The molecule has 1 aromatic rings. The first-order valence-electron chi connectivity index (χ1n) is 7.75. The van der Waals surface area contributed by atoms with E-state index in [1.807, 2.05) is 0 Å². The second-order valence-corrected chi connectivity index (χ2v) is 6.01. The number of allylic oxidation sites excluding steroid dienone is 2. The summed E-state index contributed by atoms with van der Waals surface area (Å²) < 4.78 is 0. The van der Waals surface area contributed by atoms with Crippen LogP contribution in [0.3, 0.4) is 0 Å². The number of nitro groups is 1. The number of fused-ring (bicyclic) bond motifs is 1. The van der Waals surface area contributed by atoms with Crippen LogP contribution in [0.25, 0.3) is 0 Å². The van der Waals surface area contributed by atoms with Crippen LogP contribution in [0.4, 0.5) is 5.69 Å². The molecule has 1 fully saturated rings. The summed E-state index contributed by atoms with van der Waals surface area (Å²) in [5, 5.41) is 30.5. The van der Waals surface area contributed by atoms with Crippen LogP contribution in [-0.2, 0) is 9.59 Å². The van der Waals surface area contributed by atoms with Crippen LogP contribution in [0.15, 0.2) is 46.8 Å². The van der Waals surface area contributed by atoms with Crippen molar-refractivity contribution in [3.63, 3.8) is 0 Å². The van der Waals surface area contributed by atoms with E-state index in [4.69, 9.17) is 0 Å². The lowest BCUT2D eigenvalue weighted by atomic mass is 9.79. The number of hydrogen-bond acceptors (Lipinski definition) is 5. The normalized spacial score (nSPS) is 19.9. The molecular formula is C17H16N2O6. The van der Waals surface area contributed by atoms with E-state index < -0.39 is 22.8 Å². The molecule has 0 saturated carbocycles. The molecule has 0 aliphatic carbocycles. The first-order chi connectivity index (χ1) is 11.8. The molecule has 2 aliphatic heterocycles. The van der Waals surface area contributed by atoms with Crippen LogP contribution in [0, 0.1) is 10.1 Å². The van der Waals surface area contributed by atoms with Gasteiger partial charge in [-0.3, -0.25) is 10.1 Å². The molecule has 0 bridgehead atoms. The number of nitro benzene ring substituents is 1. The molecule has 0 aromatic heterocycles. The minimum atomic E-state index is -1.22. The summed E-state index contributed by atoms with van der Waals surface area (Å²) in [6.07, 6.45) is 1.27. The fraction of sp³-hybridized carbons (Fsp3) is 0.294. The van der Waals surface area contributed by atoms with Crippen LogP contribution < -0.4 is 0 Å². The van der Waals surface area contributed by atoms with Crippen molar-refractivity contribution in [3.8, 4) is 0 Å². The van der Waals surface area contributed by atoms with E-state index in [0.717, 1.165) is 6.42 Å². The zero-order valence-corrected chi connectivity index (χ0v) is 13.4. The van der Waals surface area contributed by atoms with Gasteiger partial charge >= 0.3 is 11.9 Å². The molecule has 8 nitrogen and oxygen atoms in total. The molecule has 2 N–H and O–H groups in total. The Labute approximate surface area is 142 Å². The van der Waals surface area contributed by atoms with E-state index in [9.17, 15) is 29.9 Å². The maximum atomic E-state index is 11.9. The second kappa shape index (κ2) is 6.04. The van der Waals surface area contributed by atoms with Gasteiger partial charge in [-0.15, -0.1) is 0 Å². The SMILES string of the molecule is CC1=C(C(=O)O)C(c2cccc([N+](=O)[O-])c2)C(C(=O)O)=C2CCCN12. The summed E-state index contributed by atoms with van der Waals surface area (Å²) in [6, 6.07) is 5.50. The molecule has 1 unspecified atom stereocenters. The van der Waals surface area contributed by atoms with Crippen molar-refractivity contribution in [2.24, 2.45) is 0 Å². The molecule has 3 rings (SSSR count). The predicted octanol–water partition coefficient (Wildman–Crippen LogP) is 2.49. The van der Waals surface area contributed by atoms with Crippen molar-refractivity contribution >= 4 is 17.6 Å². The Morgan fingerprint density at radius 1 is 1.24 bits per heavy atom. The van der Waals surface area contributed by atoms with Gasteiger partial charge in [0, 0.05) is 30.1 Å². The van der Waals surface area contributed by atoms with Crippen LogP contribution in [0.5, 0.6) is 0 Å². The van der Waals surface area contributed by atoms with Gasteiger partial charge < -0.3 is 15.1 Å². The summed E-state index contributed by atoms with van der Waals surface area (Å²) in [4.78, 5) is 36.0. The Hall–Kier alpha value is -3.16. The molecule has 1 saturated heterocycles. The average molecular weight is 344 g/mol. The van der Waals surface area contributed by atoms with Crippen LogP contribution >= 0.6 is 0 Å². The predicted molar refractivity (Wildman–Crippen MR) is 86.8 cm³/mol. The number of nitrogens with zero attached hydrogens (tertiary/aromatic N) is 2. The zero-order valence-electron chi connectivity index (χ0n) is 13.4. The fourth-order valence-corrected chi connectivity index (χ4v) is 3.67. The quantitative estimate of drug-likeness (QED) is 0.635. The molecule has 1 atom stereocenters. The number of aliphatic carboxylic acids is 2. The number of carboxylic acids is 2. The van der Waals surface area contributed by atoms with E-state index in [-0.39, 0.29) is 16.8 Å². The highest BCUT2D eigenvalue weighted by atomic mass is 16.6. The van der Waals surface area contributed by atoms with Gasteiger partial charge in [-0.05, 0) is 25.3 Å². The number of rotatable bonds is 4. The summed E-state index contributed by atoms with van der Waals surface area (Å²) in [6.45, 7) is 2.22. The highest BCUT2D eigenvalue weighted by Crippen LogP contribution is 2.45. The lowest BCUT2D eigenvalue weighted by Gasteiger charge is -2.34. The first-order valence-corrected chi connectivity index (χ1v) is 7.75. The minimum absolute atomic E-state index is 0.0130. The van der Waals surface area contributed by atoms with Gasteiger partial charge in [0.25, 0.3) is 5.69 Å². The molecule has 130 valence electrons. The standard InChI is InChI=1S/C17H16N2O6/c1-9-13(16(20)21)14(10-4-2-5-11(8-10)19(24)25)15(17(22)23)12-6-3-7-18(9)12/h2,4-5,8,14H,3,6-7H2,1H3,(H,20,21)(H,22,23). The molecule has 2 aliphatic rings. The lowest BCUT2D eigenvalue weighted by molar-refractivity contribution is -0.384. The highest BCUT2D eigenvalue weighted by Gasteiger charge is 2.42. The monoisotopic (exact) mass is 344 g/mol. The second-order valence-electron chi connectivity index (χ2n) is 6.01. The van der Waals surface area contributed by atoms with Crippen LogP contribution in [0.1, 0.15) is 31.2 Å². The molecule has 0 radical (unpaired) electrons. The molecule has 8 heteroatoms. The van der Waals surface area contributed by atoms with Crippen molar-refractivity contribution < 1.29 is 24.7 Å². The Kier molecular flexibility index (Phi) is 4.03. The number of non-ortho nitro benzene ring substituents is 1. The van der Waals surface area contributed by atoms with E-state index in [1.54, 1.807) is 11.8 Å². The van der Waals surface area contributed by atoms with Gasteiger partial charge in [-0.2, -0.15) is 0 Å². The van der Waals surface area contributed by atoms with E-state index >= 15 is 0 Å². The molecular weight excluding hydrogens is 328 g/mol. The van der Waals surface area contributed by atoms with E-state index in [1.165, 1.54) is 24.3 Å². The minimum Gasteiger partial charge on any atom is -0.478 e. The molecule has 0 amide bonds. The Morgan fingerprint density at radius 3 is 2.52 bits per heavy atom. The van der Waals surface area contributed by atoms with Gasteiger partial charge in [-0.25, -0.2) is 9.59 Å². The van der Waals surface area contributed by atoms with E-state index in [0.29, 0.717) is 29.9 Å². The van der Waals surface area contributed by atoms with Gasteiger partial charge in [-0.1, -0.05) is 12.1 Å². The Morgan fingerprint density at radius 2 is 1.92 bits per heavy atom. The van der Waals surface area contributed by atoms with Gasteiger partial charge in [0.2, 0.25) is 0 Å². The number of hydrogen-bond donors (Lipinski definition) is 2. The summed E-state index contributed by atoms with van der Waals surface area (Å²) in [5.41, 5.74) is 1.10. The maximum absolute atomic E-state index is 11.9. The van der Waals surface area contributed by atoms with E-state index in [2.05, 4.69) is 0 Å². The lowest BCUT2D eigenvalue weighted by Crippen LogP contribution is -2.32. The number of carbonyl (C=O) groups is 2. The molecule has 2 heterocycles. The summed E-state index contributed by atoms with van der Waals surface area (Å²) in [7, 11) is 0. The Bertz CT molecular complexity index is 854. The van der Waals surface area contributed by atoms with Crippen molar-refractivity contribution in [3.05, 3.63) is 62.5 Å². The van der Waals surface area contributed by atoms with Crippen molar-refractivity contribution in [2.75, 3.05) is 6.54 Å². The van der Waals surface area contributed by atoms with Gasteiger partial charge in [0.1, 0.15) is 0 Å². The number of carboxylic acid groups (broad SMARTS) is 2. The maximum Gasteiger partial charge on any atom is 0.334 e. The smallest absolute Gasteiger partial charge is 0.334 e. The van der Waals surface area contributed by atoms with Gasteiger partial charge in [0.15, 0.2) is 0 Å². The largest absolute Gasteiger partial charge is 0.478 e. The summed E-state index contributed by atoms with van der Waals surface area (Å²) >= 11 is 0. The fourth-order valence-electron chi connectivity index (χ4n) is 3.67. The van der Waals surface area contributed by atoms with Crippen molar-refractivity contribution in [1.82, 2.24) is 4.90 Å². The van der Waals surface area contributed by atoms with Crippen LogP contribution in [-0.4, -0.2) is 38.5 Å². The van der Waals surface area contributed by atoms with Crippen molar-refractivity contribution in [2.45, 2.75) is 25.7 Å². The third-order valence-electron chi connectivity index (χ3n) is 4.68. The molecule has 0 spiro atoms. The third-order valence-corrected chi connectivity index (χ3v) is 4.68. The van der Waals surface area contributed by atoms with Gasteiger partial charge in [0.05, 0.1) is 22.0 Å². The highest BCUT2D eigenvalue weighted by molar-refractivity contribution is 5.98. The topological polar surface area (TPSA) is 121 Å². The summed E-state index contributed by atoms with van der Waals surface area (Å²) in [5.74, 6) is -3.47. The Balaban J connectivity index is 2.27. The number of benzene rings is 1. The van der Waals surface area contributed by atoms with Crippen molar-refractivity contribution in [1.29, 1.82) is 0 Å². The first kappa shape index (κ1) is 16.7. The molecule has 25 heavy (non-hydrogen) atoms. The third kappa shape index (κ3) is 2.65. The molecule has 1 aromatic carbocycles. The van der Waals surface area contributed by atoms with Crippen LogP contribution in [0.2, 0.25) is 0 Å². The zero-order chi connectivity index (χ0) is 18.3. The average Bonchev–Trinajstić information content (AvgIpc) is 3.03.